The Morgan fingerprint density at radius 1 is 1.03 bits per heavy atom. The zero-order chi connectivity index (χ0) is 26.6. The maximum atomic E-state index is 12.4. The van der Waals surface area contributed by atoms with E-state index in [9.17, 15) is 13.2 Å². The Bertz CT molecular complexity index is 1430. The Hall–Kier alpha value is -2.89. The fourth-order valence-electron chi connectivity index (χ4n) is 3.87. The summed E-state index contributed by atoms with van der Waals surface area (Å²) < 4.78 is 30.8. The zero-order valence-corrected chi connectivity index (χ0v) is 22.9. The summed E-state index contributed by atoms with van der Waals surface area (Å²) in [6, 6.07) is 16.1. The first-order valence-corrected chi connectivity index (χ1v) is 14.3. The van der Waals surface area contributed by atoms with Crippen LogP contribution in [0, 0.1) is 0 Å². The van der Waals surface area contributed by atoms with Gasteiger partial charge in [-0.2, -0.15) is 4.31 Å². The Morgan fingerprint density at radius 3 is 2.38 bits per heavy atom. The summed E-state index contributed by atoms with van der Waals surface area (Å²) in [7, 11) is -3.22. The maximum Gasteiger partial charge on any atom is 0.250 e. The molecule has 0 bridgehead atoms. The molecule has 1 aliphatic heterocycles. The number of sulfonamides is 1. The van der Waals surface area contributed by atoms with Crippen molar-refractivity contribution < 1.29 is 17.6 Å². The summed E-state index contributed by atoms with van der Waals surface area (Å²) in [5.41, 5.74) is 2.30. The van der Waals surface area contributed by atoms with E-state index >= 15 is 0 Å². The number of piperazine rings is 1. The Labute approximate surface area is 230 Å². The number of furan rings is 1. The summed E-state index contributed by atoms with van der Waals surface area (Å²) in [5, 5.41) is 6.80. The average molecular weight is 580 g/mol. The molecule has 4 rings (SSSR count). The molecule has 12 heteroatoms. The van der Waals surface area contributed by atoms with Crippen molar-refractivity contribution in [2.45, 2.75) is 0 Å². The maximum absolute atomic E-state index is 12.4. The smallest absolute Gasteiger partial charge is 0.250 e. The lowest BCUT2D eigenvalue weighted by atomic mass is 10.2. The average Bonchev–Trinajstić information content (AvgIpc) is 3.31. The molecule has 37 heavy (non-hydrogen) atoms. The number of carbonyl (C=O) groups is 1. The molecule has 1 aliphatic rings. The second-order valence-electron chi connectivity index (χ2n) is 8.30. The second kappa shape index (κ2) is 11.7. The molecule has 1 saturated heterocycles. The zero-order valence-electron chi connectivity index (χ0n) is 19.8. The molecule has 3 aromatic rings. The van der Waals surface area contributed by atoms with Crippen LogP contribution in [0.25, 0.3) is 17.4 Å². The lowest BCUT2D eigenvalue weighted by molar-refractivity contribution is -0.115. The quantitative estimate of drug-likeness (QED) is 0.318. The van der Waals surface area contributed by atoms with E-state index in [1.54, 1.807) is 30.3 Å². The van der Waals surface area contributed by atoms with Gasteiger partial charge < -0.3 is 14.6 Å². The fraction of sp³-hybridized carbons (Fsp3) is 0.200. The predicted octanol–water partition coefficient (Wildman–Crippen LogP) is 4.86. The third-order valence-corrected chi connectivity index (χ3v) is 7.55. The number of para-hydroxylation sites is 2. The Kier molecular flexibility index (Phi) is 8.56. The van der Waals surface area contributed by atoms with E-state index in [0.29, 0.717) is 53.4 Å². The number of thiocarbonyl (C=S) groups is 1. The lowest BCUT2D eigenvalue weighted by Gasteiger charge is -2.35. The van der Waals surface area contributed by atoms with Gasteiger partial charge in [-0.3, -0.25) is 10.1 Å². The van der Waals surface area contributed by atoms with Crippen molar-refractivity contribution in [3.63, 3.8) is 0 Å². The highest BCUT2D eigenvalue weighted by atomic mass is 35.5. The third kappa shape index (κ3) is 7.33. The van der Waals surface area contributed by atoms with Crippen molar-refractivity contribution in [3.8, 4) is 11.3 Å². The number of hydrogen-bond donors (Lipinski definition) is 2. The van der Waals surface area contributed by atoms with Crippen LogP contribution in [0.4, 0.5) is 11.4 Å². The standard InChI is InChI=1S/C25H24Cl2N4O4S2/c1-37(33,34)31-12-10-30(11-13-31)22-5-3-2-4-21(22)28-25(36)29-24(32)9-7-20-6-8-23(35-20)17-14-18(26)16-19(27)15-17/h2-9,14-16H,10-13H2,1H3,(H2,28,29,32,36)/b9-7+. The van der Waals surface area contributed by atoms with Gasteiger partial charge in [0.05, 0.1) is 17.6 Å². The van der Waals surface area contributed by atoms with Crippen molar-refractivity contribution in [3.05, 3.63) is 76.5 Å². The third-order valence-electron chi connectivity index (χ3n) is 5.61. The van der Waals surface area contributed by atoms with E-state index in [4.69, 9.17) is 39.8 Å². The molecule has 2 aromatic carbocycles. The first-order chi connectivity index (χ1) is 17.6. The summed E-state index contributed by atoms with van der Waals surface area (Å²) in [4.78, 5) is 14.5. The van der Waals surface area contributed by atoms with Crippen LogP contribution in [-0.2, 0) is 14.8 Å². The number of amides is 1. The van der Waals surface area contributed by atoms with Gasteiger partial charge in [-0.1, -0.05) is 35.3 Å². The normalized spacial score (nSPS) is 14.6. The molecule has 2 heterocycles. The van der Waals surface area contributed by atoms with Gasteiger partial charge in [0.25, 0.3) is 0 Å². The summed E-state index contributed by atoms with van der Waals surface area (Å²) in [6.07, 6.45) is 4.06. The van der Waals surface area contributed by atoms with Crippen molar-refractivity contribution in [2.24, 2.45) is 0 Å². The molecule has 0 radical (unpaired) electrons. The number of benzene rings is 2. The van der Waals surface area contributed by atoms with Crippen LogP contribution in [0.3, 0.4) is 0 Å². The van der Waals surface area contributed by atoms with Gasteiger partial charge in [-0.25, -0.2) is 8.42 Å². The fourth-order valence-corrected chi connectivity index (χ4v) is 5.44. The van der Waals surface area contributed by atoms with Crippen molar-refractivity contribution in [1.29, 1.82) is 0 Å². The van der Waals surface area contributed by atoms with Gasteiger partial charge in [0.1, 0.15) is 11.5 Å². The summed E-state index contributed by atoms with van der Waals surface area (Å²) >= 11 is 17.4. The van der Waals surface area contributed by atoms with E-state index in [1.807, 2.05) is 24.3 Å². The molecule has 1 amide bonds. The molecule has 0 saturated carbocycles. The number of carbonyl (C=O) groups excluding carboxylic acids is 1. The van der Waals surface area contributed by atoms with Crippen LogP contribution in [-0.4, -0.2) is 56.2 Å². The Morgan fingerprint density at radius 2 is 1.70 bits per heavy atom. The molecule has 2 N–H and O–H groups in total. The molecule has 0 spiro atoms. The molecular formula is C25H24Cl2N4O4S2. The molecule has 0 atom stereocenters. The molecule has 194 valence electrons. The number of rotatable bonds is 6. The van der Waals surface area contributed by atoms with Crippen LogP contribution < -0.4 is 15.5 Å². The molecule has 0 unspecified atom stereocenters. The van der Waals surface area contributed by atoms with Crippen LogP contribution in [0.2, 0.25) is 10.0 Å². The molecule has 1 aromatic heterocycles. The van der Waals surface area contributed by atoms with Crippen LogP contribution in [0.15, 0.2) is 65.1 Å². The summed E-state index contributed by atoms with van der Waals surface area (Å²) in [6.45, 7) is 1.89. The highest BCUT2D eigenvalue weighted by Gasteiger charge is 2.24. The number of anilines is 2. The highest BCUT2D eigenvalue weighted by molar-refractivity contribution is 7.88. The minimum Gasteiger partial charge on any atom is -0.457 e. The predicted molar refractivity (Wildman–Crippen MR) is 153 cm³/mol. The van der Waals surface area contributed by atoms with Gasteiger partial charge in [0.15, 0.2) is 5.11 Å². The lowest BCUT2D eigenvalue weighted by Crippen LogP contribution is -2.48. The van der Waals surface area contributed by atoms with Crippen molar-refractivity contribution in [2.75, 3.05) is 42.7 Å². The van der Waals surface area contributed by atoms with Gasteiger partial charge in [-0.05, 0) is 60.8 Å². The minimum atomic E-state index is -3.22. The highest BCUT2D eigenvalue weighted by Crippen LogP contribution is 2.29. The van der Waals surface area contributed by atoms with E-state index in [0.717, 1.165) is 11.3 Å². The monoisotopic (exact) mass is 578 g/mol. The Balaban J connectivity index is 1.35. The topological polar surface area (TPSA) is 94.9 Å². The molecule has 1 fully saturated rings. The number of nitrogens with one attached hydrogen (secondary N) is 2. The van der Waals surface area contributed by atoms with Gasteiger partial charge in [0.2, 0.25) is 15.9 Å². The molecule has 8 nitrogen and oxygen atoms in total. The number of hydrogen-bond acceptors (Lipinski definition) is 6. The van der Waals surface area contributed by atoms with E-state index in [2.05, 4.69) is 15.5 Å². The molecular weight excluding hydrogens is 555 g/mol. The first-order valence-electron chi connectivity index (χ1n) is 11.2. The van der Waals surface area contributed by atoms with E-state index in [-0.39, 0.29) is 5.11 Å². The SMILES string of the molecule is CS(=O)(=O)N1CCN(c2ccccc2NC(=S)NC(=O)/C=C/c2ccc(-c3cc(Cl)cc(Cl)c3)o2)CC1. The van der Waals surface area contributed by atoms with Crippen LogP contribution in [0.1, 0.15) is 5.76 Å². The molecule has 0 aliphatic carbocycles. The minimum absolute atomic E-state index is 0.130. The number of halogens is 2. The van der Waals surface area contributed by atoms with Gasteiger partial charge in [-0.15, -0.1) is 0 Å². The second-order valence-corrected chi connectivity index (χ2v) is 11.6. The largest absolute Gasteiger partial charge is 0.457 e. The van der Waals surface area contributed by atoms with E-state index < -0.39 is 15.9 Å². The van der Waals surface area contributed by atoms with Crippen molar-refractivity contribution >= 4 is 73.9 Å². The van der Waals surface area contributed by atoms with Crippen molar-refractivity contribution in [1.82, 2.24) is 9.62 Å². The van der Waals surface area contributed by atoms with Crippen LogP contribution >= 0.6 is 35.4 Å². The van der Waals surface area contributed by atoms with E-state index in [1.165, 1.54) is 22.7 Å². The van der Waals surface area contributed by atoms with Gasteiger partial charge >= 0.3 is 0 Å². The first kappa shape index (κ1) is 27.2. The summed E-state index contributed by atoms with van der Waals surface area (Å²) in [5.74, 6) is 0.606. The van der Waals surface area contributed by atoms with Gasteiger partial charge in [0, 0.05) is 47.9 Å². The van der Waals surface area contributed by atoms with Crippen LogP contribution in [0.5, 0.6) is 0 Å². The number of nitrogens with zero attached hydrogens (tertiary/aromatic N) is 2.